The lowest BCUT2D eigenvalue weighted by atomic mass is 10.2. The fourth-order valence-electron chi connectivity index (χ4n) is 1.78. The van der Waals surface area contributed by atoms with Gasteiger partial charge in [0.25, 0.3) is 0 Å². The Morgan fingerprint density at radius 2 is 1.56 bits per heavy atom. The molecular formula is C16H23N5O6. The van der Waals surface area contributed by atoms with Crippen molar-refractivity contribution < 1.29 is 28.5 Å². The minimum atomic E-state index is -0.414. The summed E-state index contributed by atoms with van der Waals surface area (Å²) in [7, 11) is 2.58. The number of carbonyl (C=O) groups is 2. The second kappa shape index (κ2) is 11.2. The Hall–Kier alpha value is -3.50. The molecule has 11 nitrogen and oxygen atoms in total. The zero-order valence-corrected chi connectivity index (χ0v) is 15.1. The molecule has 0 spiro atoms. The topological polar surface area (TPSA) is 174 Å². The highest BCUT2D eigenvalue weighted by atomic mass is 16.5. The number of rotatable bonds is 9. The van der Waals surface area contributed by atoms with Crippen LogP contribution in [0.25, 0.3) is 0 Å². The van der Waals surface area contributed by atoms with Crippen molar-refractivity contribution in [1.82, 2.24) is 0 Å². The molecule has 0 radical (unpaired) electrons. The monoisotopic (exact) mass is 381 g/mol. The second-order valence-electron chi connectivity index (χ2n) is 4.99. The summed E-state index contributed by atoms with van der Waals surface area (Å²) in [6.07, 6.45) is 0.142. The van der Waals surface area contributed by atoms with Gasteiger partial charge in [-0.3, -0.25) is 9.59 Å². The highest BCUT2D eigenvalue weighted by Gasteiger charge is 2.09. The molecule has 0 aliphatic heterocycles. The maximum absolute atomic E-state index is 11.2. The Balaban J connectivity index is 2.95. The Kier molecular flexibility index (Phi) is 8.92. The van der Waals surface area contributed by atoms with Crippen LogP contribution in [-0.2, 0) is 19.1 Å². The van der Waals surface area contributed by atoms with Crippen LogP contribution in [0.5, 0.6) is 11.5 Å². The number of esters is 2. The van der Waals surface area contributed by atoms with Crippen molar-refractivity contribution in [2.75, 3.05) is 27.4 Å². The number of guanidine groups is 2. The summed E-state index contributed by atoms with van der Waals surface area (Å²) >= 11 is 0. The third-order valence-electron chi connectivity index (χ3n) is 3.00. The average Bonchev–Trinajstić information content (AvgIpc) is 2.62. The molecule has 0 aromatic heterocycles. The molecule has 0 saturated carbocycles. The van der Waals surface area contributed by atoms with Crippen LogP contribution in [0.1, 0.15) is 12.8 Å². The van der Waals surface area contributed by atoms with Gasteiger partial charge in [0.1, 0.15) is 17.2 Å². The van der Waals surface area contributed by atoms with E-state index in [0.717, 1.165) is 0 Å². The molecule has 1 rings (SSSR count). The number of benzene rings is 1. The first-order valence-corrected chi connectivity index (χ1v) is 7.82. The minimum absolute atomic E-state index is 0.0560. The molecule has 0 amide bonds. The molecule has 0 aliphatic carbocycles. The normalized spacial score (nSPS) is 10.7. The van der Waals surface area contributed by atoms with Crippen molar-refractivity contribution in [3.8, 4) is 11.5 Å². The molecule has 11 heteroatoms. The van der Waals surface area contributed by atoms with Gasteiger partial charge in [-0.25, -0.2) is 4.99 Å². The lowest BCUT2D eigenvalue weighted by Crippen LogP contribution is -2.26. The Morgan fingerprint density at radius 1 is 0.963 bits per heavy atom. The lowest BCUT2D eigenvalue weighted by Gasteiger charge is -2.11. The highest BCUT2D eigenvalue weighted by Crippen LogP contribution is 2.32. The van der Waals surface area contributed by atoms with Crippen LogP contribution < -0.4 is 26.7 Å². The van der Waals surface area contributed by atoms with Crippen LogP contribution in [0, 0.1) is 0 Å². The van der Waals surface area contributed by atoms with Crippen molar-refractivity contribution in [1.29, 1.82) is 0 Å². The standard InChI is InChI=1S/C16H23N5O6/c1-24-13(22)5-7-26-10-3-4-12(27-8-6-14(23)25-2)11(9-10)20-16(19)21-15(17)18/h3-4,9H,5-8H2,1-2H3,(H6,17,18,19,20,21). The first kappa shape index (κ1) is 21.5. The van der Waals surface area contributed by atoms with Gasteiger partial charge in [0, 0.05) is 6.07 Å². The Bertz CT molecular complexity index is 715. The van der Waals surface area contributed by atoms with E-state index in [0.29, 0.717) is 11.5 Å². The third kappa shape index (κ3) is 8.43. The molecule has 0 bridgehead atoms. The van der Waals surface area contributed by atoms with Crippen LogP contribution in [0.3, 0.4) is 0 Å². The van der Waals surface area contributed by atoms with E-state index in [1.54, 1.807) is 12.1 Å². The quantitative estimate of drug-likeness (QED) is 0.297. The second-order valence-corrected chi connectivity index (χ2v) is 4.99. The van der Waals surface area contributed by atoms with E-state index < -0.39 is 11.9 Å². The van der Waals surface area contributed by atoms with E-state index in [1.807, 2.05) is 0 Å². The number of nitrogens with two attached hydrogens (primary N) is 3. The van der Waals surface area contributed by atoms with Gasteiger partial charge in [0.2, 0.25) is 5.96 Å². The zero-order chi connectivity index (χ0) is 20.2. The summed E-state index contributed by atoms with van der Waals surface area (Å²) in [5.74, 6) is -0.520. The molecule has 6 N–H and O–H groups in total. The largest absolute Gasteiger partial charge is 0.493 e. The molecule has 0 aliphatic rings. The van der Waals surface area contributed by atoms with Gasteiger partial charge >= 0.3 is 11.9 Å². The SMILES string of the molecule is COC(=O)CCOc1ccc(OCCC(=O)OC)c(N=C(N)N=C(N)N)c1. The van der Waals surface area contributed by atoms with E-state index in [2.05, 4.69) is 19.5 Å². The van der Waals surface area contributed by atoms with Crippen molar-refractivity contribution in [3.05, 3.63) is 18.2 Å². The maximum Gasteiger partial charge on any atom is 0.308 e. The number of hydrogen-bond donors (Lipinski definition) is 3. The van der Waals surface area contributed by atoms with E-state index in [1.165, 1.54) is 20.3 Å². The molecule has 1 aromatic rings. The molecule has 0 fully saturated rings. The minimum Gasteiger partial charge on any atom is -0.493 e. The lowest BCUT2D eigenvalue weighted by molar-refractivity contribution is -0.142. The van der Waals surface area contributed by atoms with Gasteiger partial charge in [-0.05, 0) is 12.1 Å². The number of methoxy groups -OCH3 is 2. The fourth-order valence-corrected chi connectivity index (χ4v) is 1.78. The van der Waals surface area contributed by atoms with Crippen LogP contribution >= 0.6 is 0 Å². The van der Waals surface area contributed by atoms with Crippen molar-refractivity contribution >= 4 is 29.5 Å². The molecule has 1 aromatic carbocycles. The maximum atomic E-state index is 11.2. The molecule has 0 heterocycles. The number of nitrogens with zero attached hydrogens (tertiary/aromatic N) is 2. The van der Waals surface area contributed by atoms with Crippen molar-refractivity contribution in [2.45, 2.75) is 12.8 Å². The third-order valence-corrected chi connectivity index (χ3v) is 3.00. The smallest absolute Gasteiger partial charge is 0.308 e. The number of aliphatic imine (C=N–C) groups is 2. The number of carbonyl (C=O) groups excluding carboxylic acids is 2. The predicted octanol–water partition coefficient (Wildman–Crippen LogP) is -0.210. The number of hydrogen-bond acceptors (Lipinski definition) is 7. The van der Waals surface area contributed by atoms with Crippen LogP contribution in [-0.4, -0.2) is 51.3 Å². The fraction of sp³-hybridized carbons (Fsp3) is 0.375. The summed E-state index contributed by atoms with van der Waals surface area (Å²) < 4.78 is 20.1. The molecule has 0 saturated heterocycles. The molecule has 27 heavy (non-hydrogen) atoms. The molecule has 0 atom stereocenters. The first-order chi connectivity index (χ1) is 12.8. The van der Waals surface area contributed by atoms with E-state index in [9.17, 15) is 9.59 Å². The van der Waals surface area contributed by atoms with Crippen molar-refractivity contribution in [2.24, 2.45) is 27.2 Å². The summed E-state index contributed by atoms with van der Waals surface area (Å²) in [6.45, 7) is 0.182. The van der Waals surface area contributed by atoms with Gasteiger partial charge < -0.3 is 36.1 Å². The van der Waals surface area contributed by atoms with Crippen LogP contribution in [0.4, 0.5) is 5.69 Å². The summed E-state index contributed by atoms with van der Waals surface area (Å²) in [5.41, 5.74) is 16.5. The Labute approximate surface area is 156 Å². The zero-order valence-electron chi connectivity index (χ0n) is 15.1. The van der Waals surface area contributed by atoms with Gasteiger partial charge in [-0.15, -0.1) is 0 Å². The van der Waals surface area contributed by atoms with Crippen LogP contribution in [0.15, 0.2) is 28.2 Å². The van der Waals surface area contributed by atoms with E-state index >= 15 is 0 Å². The van der Waals surface area contributed by atoms with Gasteiger partial charge in [-0.1, -0.05) is 0 Å². The summed E-state index contributed by atoms with van der Waals surface area (Å²) in [5, 5.41) is 0. The predicted molar refractivity (Wildman–Crippen MR) is 97.8 cm³/mol. The molecule has 0 unspecified atom stereocenters. The summed E-state index contributed by atoms with van der Waals surface area (Å²) in [6, 6.07) is 4.72. The van der Waals surface area contributed by atoms with Crippen molar-refractivity contribution in [3.63, 3.8) is 0 Å². The average molecular weight is 381 g/mol. The van der Waals surface area contributed by atoms with E-state index in [-0.39, 0.29) is 43.7 Å². The van der Waals surface area contributed by atoms with Gasteiger partial charge in [0.05, 0.1) is 40.3 Å². The van der Waals surface area contributed by atoms with Gasteiger partial charge in [0.15, 0.2) is 5.96 Å². The Morgan fingerprint density at radius 3 is 2.11 bits per heavy atom. The van der Waals surface area contributed by atoms with Gasteiger partial charge in [-0.2, -0.15) is 4.99 Å². The highest BCUT2D eigenvalue weighted by molar-refractivity contribution is 5.94. The summed E-state index contributed by atoms with van der Waals surface area (Å²) in [4.78, 5) is 30.0. The first-order valence-electron chi connectivity index (χ1n) is 7.82. The van der Waals surface area contributed by atoms with Crippen LogP contribution in [0.2, 0.25) is 0 Å². The molecule has 148 valence electrons. The van der Waals surface area contributed by atoms with E-state index in [4.69, 9.17) is 26.7 Å². The number of ether oxygens (including phenoxy) is 4. The molecular weight excluding hydrogens is 358 g/mol.